The molecule has 2 rings (SSSR count). The van der Waals surface area contributed by atoms with Gasteiger partial charge in [0.1, 0.15) is 5.82 Å². The van der Waals surface area contributed by atoms with Gasteiger partial charge in [-0.1, -0.05) is 18.2 Å². The molecule has 0 spiro atoms. The highest BCUT2D eigenvalue weighted by molar-refractivity contribution is 5.88. The number of nitrogens with one attached hydrogen (secondary N) is 2. The summed E-state index contributed by atoms with van der Waals surface area (Å²) in [6.45, 7) is 2.33. The molecule has 1 aromatic carbocycles. The van der Waals surface area contributed by atoms with Gasteiger partial charge in [0.25, 0.3) is 0 Å². The maximum absolute atomic E-state index is 10.9. The van der Waals surface area contributed by atoms with Gasteiger partial charge in [0, 0.05) is 25.4 Å². The number of nitrogens with zero attached hydrogens (tertiary/aromatic N) is 1. The van der Waals surface area contributed by atoms with Crippen molar-refractivity contribution in [1.82, 2.24) is 4.98 Å². The first-order chi connectivity index (χ1) is 9.24. The van der Waals surface area contributed by atoms with Crippen LogP contribution in [0.2, 0.25) is 0 Å². The summed E-state index contributed by atoms with van der Waals surface area (Å²) in [5.74, 6) is 0.835. The molecule has 0 saturated heterocycles. The lowest BCUT2D eigenvalue weighted by molar-refractivity contribution is -0.114. The number of hydrogen-bond acceptors (Lipinski definition) is 3. The van der Waals surface area contributed by atoms with Gasteiger partial charge < -0.3 is 10.6 Å². The second kappa shape index (κ2) is 6.54. The van der Waals surface area contributed by atoms with E-state index < -0.39 is 0 Å². The molecule has 0 atom stereocenters. The molecule has 0 bridgehead atoms. The number of rotatable bonds is 5. The average molecular weight is 255 g/mol. The fraction of sp³-hybridized carbons (Fsp3) is 0.200. The van der Waals surface area contributed by atoms with Gasteiger partial charge in [0.2, 0.25) is 5.91 Å². The summed E-state index contributed by atoms with van der Waals surface area (Å²) in [7, 11) is 0. The Labute approximate surface area is 112 Å². The van der Waals surface area contributed by atoms with Crippen molar-refractivity contribution in [1.29, 1.82) is 0 Å². The van der Waals surface area contributed by atoms with Crippen LogP contribution < -0.4 is 10.6 Å². The number of carbonyl (C=O) groups excluding carboxylic acids is 1. The zero-order valence-corrected chi connectivity index (χ0v) is 10.9. The molecular formula is C15H17N3O. The van der Waals surface area contributed by atoms with Crippen molar-refractivity contribution in [2.75, 3.05) is 17.2 Å². The van der Waals surface area contributed by atoms with Crippen LogP contribution in [0.15, 0.2) is 48.7 Å². The zero-order chi connectivity index (χ0) is 13.5. The van der Waals surface area contributed by atoms with Crippen molar-refractivity contribution < 1.29 is 4.79 Å². The smallest absolute Gasteiger partial charge is 0.221 e. The Hall–Kier alpha value is -2.36. The zero-order valence-electron chi connectivity index (χ0n) is 10.9. The first-order valence-electron chi connectivity index (χ1n) is 6.25. The Balaban J connectivity index is 1.81. The van der Waals surface area contributed by atoms with Crippen molar-refractivity contribution in [3.8, 4) is 0 Å². The lowest BCUT2D eigenvalue weighted by atomic mass is 10.1. The van der Waals surface area contributed by atoms with Crippen LogP contribution in [0.3, 0.4) is 0 Å². The Bertz CT molecular complexity index is 523. The van der Waals surface area contributed by atoms with Crippen molar-refractivity contribution in [3.05, 3.63) is 54.2 Å². The van der Waals surface area contributed by atoms with E-state index in [-0.39, 0.29) is 5.91 Å². The first-order valence-corrected chi connectivity index (χ1v) is 6.25. The highest BCUT2D eigenvalue weighted by Crippen LogP contribution is 2.10. The third-order valence-corrected chi connectivity index (χ3v) is 2.66. The SMILES string of the molecule is CC(=O)Nc1ccc(CCNc2ccccn2)cc1. The molecule has 1 amide bonds. The van der Waals surface area contributed by atoms with Crippen LogP contribution in [0, 0.1) is 0 Å². The number of amides is 1. The predicted molar refractivity (Wildman–Crippen MR) is 77.2 cm³/mol. The maximum Gasteiger partial charge on any atom is 0.221 e. The second-order valence-electron chi connectivity index (χ2n) is 4.27. The summed E-state index contributed by atoms with van der Waals surface area (Å²) in [6.07, 6.45) is 2.68. The van der Waals surface area contributed by atoms with Crippen LogP contribution in [0.25, 0.3) is 0 Å². The monoisotopic (exact) mass is 255 g/mol. The molecule has 0 aliphatic rings. The number of anilines is 2. The normalized spacial score (nSPS) is 9.95. The van der Waals surface area contributed by atoms with Crippen molar-refractivity contribution in [3.63, 3.8) is 0 Å². The van der Waals surface area contributed by atoms with E-state index in [1.165, 1.54) is 12.5 Å². The molecule has 1 heterocycles. The van der Waals surface area contributed by atoms with Gasteiger partial charge in [-0.3, -0.25) is 4.79 Å². The third-order valence-electron chi connectivity index (χ3n) is 2.66. The van der Waals surface area contributed by atoms with Gasteiger partial charge in [0.15, 0.2) is 0 Å². The Morgan fingerprint density at radius 3 is 2.58 bits per heavy atom. The molecule has 0 aliphatic carbocycles. The van der Waals surface area contributed by atoms with E-state index in [1.807, 2.05) is 42.5 Å². The lowest BCUT2D eigenvalue weighted by Gasteiger charge is -2.06. The molecule has 19 heavy (non-hydrogen) atoms. The van der Waals surface area contributed by atoms with E-state index in [2.05, 4.69) is 15.6 Å². The summed E-state index contributed by atoms with van der Waals surface area (Å²) in [5.41, 5.74) is 2.05. The molecule has 4 heteroatoms. The molecular weight excluding hydrogens is 238 g/mol. The average Bonchev–Trinajstić information content (AvgIpc) is 2.41. The quantitative estimate of drug-likeness (QED) is 0.863. The van der Waals surface area contributed by atoms with E-state index >= 15 is 0 Å². The van der Waals surface area contributed by atoms with E-state index in [0.29, 0.717) is 0 Å². The van der Waals surface area contributed by atoms with Gasteiger partial charge in [-0.25, -0.2) is 4.98 Å². The Morgan fingerprint density at radius 2 is 1.95 bits per heavy atom. The van der Waals surface area contributed by atoms with Crippen LogP contribution in [0.5, 0.6) is 0 Å². The molecule has 0 radical (unpaired) electrons. The highest BCUT2D eigenvalue weighted by atomic mass is 16.1. The fourth-order valence-corrected chi connectivity index (χ4v) is 1.76. The molecule has 2 aromatic rings. The van der Waals surface area contributed by atoms with Gasteiger partial charge in [-0.05, 0) is 36.2 Å². The van der Waals surface area contributed by atoms with Crippen molar-refractivity contribution >= 4 is 17.4 Å². The van der Waals surface area contributed by atoms with Crippen LogP contribution in [-0.4, -0.2) is 17.4 Å². The highest BCUT2D eigenvalue weighted by Gasteiger charge is 1.97. The predicted octanol–water partition coefficient (Wildman–Crippen LogP) is 2.69. The van der Waals surface area contributed by atoms with E-state index in [4.69, 9.17) is 0 Å². The topological polar surface area (TPSA) is 54.0 Å². The summed E-state index contributed by atoms with van der Waals surface area (Å²) >= 11 is 0. The van der Waals surface area contributed by atoms with Crippen LogP contribution in [-0.2, 0) is 11.2 Å². The maximum atomic E-state index is 10.9. The minimum atomic E-state index is -0.0513. The van der Waals surface area contributed by atoms with E-state index in [0.717, 1.165) is 24.5 Å². The molecule has 0 aliphatic heterocycles. The standard InChI is InChI=1S/C15H17N3O/c1-12(19)18-14-7-5-13(6-8-14)9-11-17-15-4-2-3-10-16-15/h2-8,10H,9,11H2,1H3,(H,16,17)(H,18,19). The minimum absolute atomic E-state index is 0.0513. The number of carbonyl (C=O) groups is 1. The molecule has 4 nitrogen and oxygen atoms in total. The van der Waals surface area contributed by atoms with Crippen LogP contribution in [0.4, 0.5) is 11.5 Å². The van der Waals surface area contributed by atoms with Gasteiger partial charge in [-0.2, -0.15) is 0 Å². The van der Waals surface area contributed by atoms with E-state index in [1.54, 1.807) is 6.20 Å². The van der Waals surface area contributed by atoms with Gasteiger partial charge in [0.05, 0.1) is 0 Å². The van der Waals surface area contributed by atoms with Crippen molar-refractivity contribution in [2.24, 2.45) is 0 Å². The number of hydrogen-bond donors (Lipinski definition) is 2. The largest absolute Gasteiger partial charge is 0.370 e. The van der Waals surface area contributed by atoms with Crippen LogP contribution in [0.1, 0.15) is 12.5 Å². The minimum Gasteiger partial charge on any atom is -0.370 e. The number of pyridine rings is 1. The van der Waals surface area contributed by atoms with Crippen molar-refractivity contribution in [2.45, 2.75) is 13.3 Å². The molecule has 0 unspecified atom stereocenters. The van der Waals surface area contributed by atoms with Gasteiger partial charge in [-0.15, -0.1) is 0 Å². The Kier molecular flexibility index (Phi) is 4.50. The fourth-order valence-electron chi connectivity index (χ4n) is 1.76. The molecule has 2 N–H and O–H groups in total. The third kappa shape index (κ3) is 4.43. The second-order valence-corrected chi connectivity index (χ2v) is 4.27. The lowest BCUT2D eigenvalue weighted by Crippen LogP contribution is -2.07. The summed E-state index contributed by atoms with van der Waals surface area (Å²) < 4.78 is 0. The Morgan fingerprint density at radius 1 is 1.16 bits per heavy atom. The number of aromatic nitrogens is 1. The summed E-state index contributed by atoms with van der Waals surface area (Å²) in [5, 5.41) is 6.01. The van der Waals surface area contributed by atoms with Gasteiger partial charge >= 0.3 is 0 Å². The van der Waals surface area contributed by atoms with Crippen LogP contribution >= 0.6 is 0 Å². The number of benzene rings is 1. The molecule has 0 saturated carbocycles. The molecule has 1 aromatic heterocycles. The summed E-state index contributed by atoms with van der Waals surface area (Å²) in [4.78, 5) is 15.1. The molecule has 0 fully saturated rings. The molecule has 98 valence electrons. The summed E-state index contributed by atoms with van der Waals surface area (Å²) in [6, 6.07) is 13.7. The van der Waals surface area contributed by atoms with E-state index in [9.17, 15) is 4.79 Å². The first kappa shape index (κ1) is 13.1.